The van der Waals surface area contributed by atoms with Gasteiger partial charge in [0.05, 0.1) is 12.6 Å². The molecule has 0 spiro atoms. The van der Waals surface area contributed by atoms with Crippen molar-refractivity contribution < 1.29 is 14.4 Å². The molecule has 6 heteroatoms. The molecule has 4 rings (SSSR count). The molecule has 1 aliphatic rings. The number of carbonyl (C=O) groups is 3. The molecule has 5 nitrogen and oxygen atoms in total. The van der Waals surface area contributed by atoms with E-state index in [0.29, 0.717) is 17.0 Å². The summed E-state index contributed by atoms with van der Waals surface area (Å²) in [4.78, 5) is 37.9. The number of rotatable bonds is 7. The molecule has 1 saturated heterocycles. The molecule has 0 aromatic heterocycles. The Kier molecular flexibility index (Phi) is 6.66. The largest absolute Gasteiger partial charge is 0.345 e. The lowest BCUT2D eigenvalue weighted by Crippen LogP contribution is -2.30. The second-order valence-corrected chi connectivity index (χ2v) is 8.27. The normalized spacial score (nSPS) is 14.5. The number of hydrogen-bond acceptors (Lipinski definition) is 3. The molecule has 3 aromatic carbocycles. The van der Waals surface area contributed by atoms with Gasteiger partial charge in [-0.05, 0) is 47.4 Å². The Labute approximate surface area is 192 Å². The van der Waals surface area contributed by atoms with E-state index in [1.54, 1.807) is 24.3 Å². The zero-order valence-corrected chi connectivity index (χ0v) is 18.2. The van der Waals surface area contributed by atoms with Crippen LogP contribution in [0.1, 0.15) is 45.9 Å². The van der Waals surface area contributed by atoms with E-state index >= 15 is 0 Å². The Morgan fingerprint density at radius 3 is 2.06 bits per heavy atom. The van der Waals surface area contributed by atoms with Crippen molar-refractivity contribution in [2.24, 2.45) is 0 Å². The molecule has 3 aromatic rings. The average molecular weight is 447 g/mol. The second-order valence-electron chi connectivity index (χ2n) is 7.84. The minimum Gasteiger partial charge on any atom is -0.345 e. The van der Waals surface area contributed by atoms with Crippen molar-refractivity contribution in [2.75, 3.05) is 0 Å². The zero-order valence-electron chi connectivity index (χ0n) is 17.5. The van der Waals surface area contributed by atoms with Crippen molar-refractivity contribution in [1.29, 1.82) is 0 Å². The molecule has 1 unspecified atom stereocenters. The molecule has 1 aliphatic heterocycles. The van der Waals surface area contributed by atoms with Gasteiger partial charge in [-0.2, -0.15) is 0 Å². The van der Waals surface area contributed by atoms with Crippen LogP contribution in [0.25, 0.3) is 0 Å². The second kappa shape index (κ2) is 9.79. The van der Waals surface area contributed by atoms with Gasteiger partial charge in [-0.3, -0.25) is 19.3 Å². The van der Waals surface area contributed by atoms with E-state index in [-0.39, 0.29) is 43.1 Å². The first-order valence-electron chi connectivity index (χ1n) is 10.5. The first kappa shape index (κ1) is 21.8. The van der Waals surface area contributed by atoms with E-state index in [1.165, 1.54) is 4.90 Å². The third kappa shape index (κ3) is 5.24. The van der Waals surface area contributed by atoms with Gasteiger partial charge in [0.2, 0.25) is 11.8 Å². The van der Waals surface area contributed by atoms with E-state index in [0.717, 1.165) is 16.7 Å². The Morgan fingerprint density at radius 1 is 0.844 bits per heavy atom. The summed E-state index contributed by atoms with van der Waals surface area (Å²) in [6, 6.07) is 24.2. The number of amides is 3. The van der Waals surface area contributed by atoms with Gasteiger partial charge in [0.1, 0.15) is 0 Å². The van der Waals surface area contributed by atoms with Gasteiger partial charge in [0.25, 0.3) is 5.91 Å². The maximum absolute atomic E-state index is 13.0. The Balaban J connectivity index is 1.47. The molecule has 162 valence electrons. The van der Waals surface area contributed by atoms with Gasteiger partial charge >= 0.3 is 0 Å². The minimum absolute atomic E-state index is 0.148. The third-order valence-electron chi connectivity index (χ3n) is 5.57. The lowest BCUT2D eigenvalue weighted by molar-refractivity contribution is -0.139. The van der Waals surface area contributed by atoms with Gasteiger partial charge < -0.3 is 5.32 Å². The van der Waals surface area contributed by atoms with Crippen LogP contribution < -0.4 is 5.32 Å². The monoisotopic (exact) mass is 446 g/mol. The fraction of sp³-hybridized carbons (Fsp3) is 0.192. The number of likely N-dealkylation sites (tertiary alicyclic amines) is 1. The van der Waals surface area contributed by atoms with E-state index in [9.17, 15) is 14.4 Å². The summed E-state index contributed by atoms with van der Waals surface area (Å²) in [7, 11) is 0. The van der Waals surface area contributed by atoms with Crippen molar-refractivity contribution in [3.63, 3.8) is 0 Å². The lowest BCUT2D eigenvalue weighted by Gasteiger charge is -2.20. The fourth-order valence-electron chi connectivity index (χ4n) is 3.78. The highest BCUT2D eigenvalue weighted by molar-refractivity contribution is 6.30. The summed E-state index contributed by atoms with van der Waals surface area (Å²) in [5.74, 6) is -0.484. The zero-order chi connectivity index (χ0) is 22.5. The summed E-state index contributed by atoms with van der Waals surface area (Å²) in [6.07, 6.45) is 1.17. The molecule has 1 atom stereocenters. The highest BCUT2D eigenvalue weighted by atomic mass is 35.5. The molecule has 0 saturated carbocycles. The van der Waals surface area contributed by atoms with Crippen molar-refractivity contribution in [1.82, 2.24) is 10.2 Å². The van der Waals surface area contributed by atoms with Crippen molar-refractivity contribution in [2.45, 2.75) is 31.8 Å². The van der Waals surface area contributed by atoms with E-state index in [1.807, 2.05) is 54.6 Å². The fourth-order valence-corrected chi connectivity index (χ4v) is 3.90. The van der Waals surface area contributed by atoms with E-state index in [4.69, 9.17) is 11.6 Å². The van der Waals surface area contributed by atoms with Crippen LogP contribution in [-0.4, -0.2) is 22.6 Å². The number of nitrogens with zero attached hydrogens (tertiary/aromatic N) is 1. The topological polar surface area (TPSA) is 66.5 Å². The summed E-state index contributed by atoms with van der Waals surface area (Å²) in [5, 5.41) is 3.80. The van der Waals surface area contributed by atoms with E-state index < -0.39 is 0 Å². The number of imide groups is 1. The Bertz CT molecular complexity index is 1100. The van der Waals surface area contributed by atoms with Crippen LogP contribution in [0.3, 0.4) is 0 Å². The van der Waals surface area contributed by atoms with Crippen LogP contribution in [0.4, 0.5) is 0 Å². The van der Waals surface area contributed by atoms with Crippen LogP contribution in [0.15, 0.2) is 78.9 Å². The molecule has 1 fully saturated rings. The molecule has 0 aliphatic carbocycles. The number of benzene rings is 3. The summed E-state index contributed by atoms with van der Waals surface area (Å²) < 4.78 is 0. The van der Waals surface area contributed by atoms with Gasteiger partial charge in [-0.1, -0.05) is 66.2 Å². The van der Waals surface area contributed by atoms with Crippen LogP contribution in [-0.2, 0) is 22.6 Å². The molecular weight excluding hydrogens is 424 g/mol. The quantitative estimate of drug-likeness (QED) is 0.535. The van der Waals surface area contributed by atoms with Gasteiger partial charge in [0.15, 0.2) is 0 Å². The van der Waals surface area contributed by atoms with Crippen LogP contribution in [0.2, 0.25) is 5.02 Å². The van der Waals surface area contributed by atoms with Crippen molar-refractivity contribution in [3.05, 3.63) is 106 Å². The van der Waals surface area contributed by atoms with Gasteiger partial charge in [-0.25, -0.2) is 0 Å². The SMILES string of the molecule is O=C(NC(Cc1ccc(Cl)cc1)c1ccccc1)c1ccc(CN2C(=O)CCC2=O)cc1. The Morgan fingerprint density at radius 2 is 1.44 bits per heavy atom. The van der Waals surface area contributed by atoms with Gasteiger partial charge in [0, 0.05) is 23.4 Å². The molecule has 1 heterocycles. The number of nitrogens with one attached hydrogen (secondary N) is 1. The minimum atomic E-state index is -0.204. The predicted molar refractivity (Wildman–Crippen MR) is 123 cm³/mol. The molecule has 0 bridgehead atoms. The molecule has 0 radical (unpaired) electrons. The summed E-state index contributed by atoms with van der Waals surface area (Å²) in [6.45, 7) is 0.239. The third-order valence-corrected chi connectivity index (χ3v) is 5.82. The van der Waals surface area contributed by atoms with Crippen LogP contribution in [0.5, 0.6) is 0 Å². The van der Waals surface area contributed by atoms with Crippen molar-refractivity contribution in [3.8, 4) is 0 Å². The maximum atomic E-state index is 13.0. The lowest BCUT2D eigenvalue weighted by atomic mass is 9.98. The smallest absolute Gasteiger partial charge is 0.251 e. The molecule has 3 amide bonds. The summed E-state index contributed by atoms with van der Waals surface area (Å²) >= 11 is 6.00. The first-order valence-corrected chi connectivity index (χ1v) is 10.9. The highest BCUT2D eigenvalue weighted by Crippen LogP contribution is 2.21. The highest BCUT2D eigenvalue weighted by Gasteiger charge is 2.28. The summed E-state index contributed by atoms with van der Waals surface area (Å²) in [5.41, 5.74) is 3.41. The standard InChI is InChI=1S/C26H23ClN2O3/c27-22-12-8-18(9-13-22)16-23(20-4-2-1-3-5-20)28-26(32)21-10-6-19(7-11-21)17-29-24(30)14-15-25(29)31/h1-13,23H,14-17H2,(H,28,32). The molecule has 1 N–H and O–H groups in total. The molecular formula is C26H23ClN2O3. The Hall–Kier alpha value is -3.44. The molecule has 32 heavy (non-hydrogen) atoms. The average Bonchev–Trinajstić information content (AvgIpc) is 3.13. The van der Waals surface area contributed by atoms with E-state index in [2.05, 4.69) is 5.32 Å². The number of carbonyl (C=O) groups excluding carboxylic acids is 3. The number of halogens is 1. The maximum Gasteiger partial charge on any atom is 0.251 e. The van der Waals surface area contributed by atoms with Crippen LogP contribution >= 0.6 is 11.6 Å². The van der Waals surface area contributed by atoms with Crippen molar-refractivity contribution >= 4 is 29.3 Å². The predicted octanol–water partition coefficient (Wildman–Crippen LogP) is 4.70. The number of hydrogen-bond donors (Lipinski definition) is 1. The van der Waals surface area contributed by atoms with Crippen LogP contribution in [0, 0.1) is 0 Å². The van der Waals surface area contributed by atoms with Gasteiger partial charge in [-0.15, -0.1) is 0 Å². The first-order chi connectivity index (χ1) is 15.5.